The number of carbonyl (C=O) groups excluding carboxylic acids is 1. The predicted molar refractivity (Wildman–Crippen MR) is 69.2 cm³/mol. The monoisotopic (exact) mass is 245 g/mol. The van der Waals surface area contributed by atoms with E-state index in [0.29, 0.717) is 5.69 Å². The summed E-state index contributed by atoms with van der Waals surface area (Å²) in [6.45, 7) is 3.44. The summed E-state index contributed by atoms with van der Waals surface area (Å²) in [5, 5.41) is 11.3. The first-order chi connectivity index (χ1) is 8.52. The van der Waals surface area contributed by atoms with Crippen molar-refractivity contribution >= 4 is 17.6 Å². The number of anilines is 1. The number of hydrogen-bond acceptors (Lipinski definition) is 2. The SMILES string of the molecule is CC#CC(=O)Nc1ccc(C(C)CC(=O)O)cc1. The van der Waals surface area contributed by atoms with Gasteiger partial charge in [-0.05, 0) is 36.5 Å². The fourth-order valence-electron chi connectivity index (χ4n) is 1.55. The zero-order chi connectivity index (χ0) is 13.5. The Kier molecular flexibility index (Phi) is 4.94. The van der Waals surface area contributed by atoms with E-state index < -0.39 is 5.97 Å². The molecule has 0 radical (unpaired) electrons. The van der Waals surface area contributed by atoms with Crippen LogP contribution in [0.2, 0.25) is 0 Å². The summed E-state index contributed by atoms with van der Waals surface area (Å²) < 4.78 is 0. The molecule has 4 heteroatoms. The summed E-state index contributed by atoms with van der Waals surface area (Å²) in [7, 11) is 0. The zero-order valence-corrected chi connectivity index (χ0v) is 10.4. The average molecular weight is 245 g/mol. The van der Waals surface area contributed by atoms with Crippen molar-refractivity contribution < 1.29 is 14.7 Å². The summed E-state index contributed by atoms with van der Waals surface area (Å²) in [6.07, 6.45) is 0.0903. The molecule has 0 spiro atoms. The van der Waals surface area contributed by atoms with E-state index in [2.05, 4.69) is 17.2 Å². The van der Waals surface area contributed by atoms with E-state index in [1.54, 1.807) is 19.1 Å². The Morgan fingerprint density at radius 2 is 1.94 bits per heavy atom. The molecule has 0 aliphatic heterocycles. The van der Waals surface area contributed by atoms with Crippen molar-refractivity contribution in [1.82, 2.24) is 0 Å². The molecule has 0 fully saturated rings. The second kappa shape index (κ2) is 6.45. The molecule has 1 aromatic rings. The Labute approximate surface area is 106 Å². The molecule has 1 rings (SSSR count). The van der Waals surface area contributed by atoms with E-state index in [0.717, 1.165) is 5.56 Å². The highest BCUT2D eigenvalue weighted by Gasteiger charge is 2.09. The lowest BCUT2D eigenvalue weighted by Crippen LogP contribution is -2.08. The first-order valence-electron chi connectivity index (χ1n) is 5.58. The number of carboxylic acid groups (broad SMARTS) is 1. The lowest BCUT2D eigenvalue weighted by Gasteiger charge is -2.09. The van der Waals surface area contributed by atoms with Crippen LogP contribution in [-0.4, -0.2) is 17.0 Å². The van der Waals surface area contributed by atoms with Crippen LogP contribution in [0.25, 0.3) is 0 Å². The first-order valence-corrected chi connectivity index (χ1v) is 5.58. The third kappa shape index (κ3) is 4.30. The summed E-state index contributed by atoms with van der Waals surface area (Å²) in [4.78, 5) is 21.8. The normalized spacial score (nSPS) is 11.0. The second-order valence-corrected chi connectivity index (χ2v) is 3.95. The van der Waals surface area contributed by atoms with Gasteiger partial charge in [0.15, 0.2) is 0 Å². The van der Waals surface area contributed by atoms with Crippen LogP contribution in [0.15, 0.2) is 24.3 Å². The van der Waals surface area contributed by atoms with Gasteiger partial charge in [-0.15, -0.1) is 0 Å². The Balaban J connectivity index is 2.69. The quantitative estimate of drug-likeness (QED) is 0.799. The molecule has 1 aromatic carbocycles. The third-order valence-electron chi connectivity index (χ3n) is 2.46. The van der Waals surface area contributed by atoms with E-state index in [-0.39, 0.29) is 18.2 Å². The fourth-order valence-corrected chi connectivity index (χ4v) is 1.55. The van der Waals surface area contributed by atoms with Gasteiger partial charge in [-0.1, -0.05) is 25.0 Å². The van der Waals surface area contributed by atoms with Gasteiger partial charge < -0.3 is 10.4 Å². The van der Waals surface area contributed by atoms with Crippen LogP contribution in [0.5, 0.6) is 0 Å². The molecular formula is C14H15NO3. The van der Waals surface area contributed by atoms with Crippen LogP contribution in [0.1, 0.15) is 31.7 Å². The standard InChI is InChI=1S/C14H15NO3/c1-3-4-13(16)15-12-7-5-11(6-8-12)10(2)9-14(17)18/h5-8,10H,9H2,1-2H3,(H,15,16)(H,17,18). The van der Waals surface area contributed by atoms with Crippen LogP contribution in [-0.2, 0) is 9.59 Å². The van der Waals surface area contributed by atoms with Crippen molar-refractivity contribution in [3.63, 3.8) is 0 Å². The number of aliphatic carboxylic acids is 1. The molecule has 0 saturated heterocycles. The van der Waals surface area contributed by atoms with Crippen LogP contribution in [0.3, 0.4) is 0 Å². The molecule has 0 heterocycles. The second-order valence-electron chi connectivity index (χ2n) is 3.95. The number of amides is 1. The maximum atomic E-state index is 11.2. The molecule has 1 atom stereocenters. The smallest absolute Gasteiger partial charge is 0.303 e. The maximum absolute atomic E-state index is 11.2. The maximum Gasteiger partial charge on any atom is 0.303 e. The minimum Gasteiger partial charge on any atom is -0.481 e. The van der Waals surface area contributed by atoms with Crippen molar-refractivity contribution in [2.75, 3.05) is 5.32 Å². The minimum absolute atomic E-state index is 0.0531. The topological polar surface area (TPSA) is 66.4 Å². The van der Waals surface area contributed by atoms with Crippen molar-refractivity contribution in [3.05, 3.63) is 29.8 Å². The fraction of sp³-hybridized carbons (Fsp3) is 0.286. The molecule has 0 saturated carbocycles. The summed E-state index contributed by atoms with van der Waals surface area (Å²) in [5.41, 5.74) is 1.57. The highest BCUT2D eigenvalue weighted by molar-refractivity contribution is 6.03. The number of hydrogen-bond donors (Lipinski definition) is 2. The number of carbonyl (C=O) groups is 2. The predicted octanol–water partition coefficient (Wildman–Crippen LogP) is 2.23. The van der Waals surface area contributed by atoms with E-state index in [9.17, 15) is 9.59 Å². The summed E-state index contributed by atoms with van der Waals surface area (Å²) in [6, 6.07) is 7.09. The molecule has 18 heavy (non-hydrogen) atoms. The highest BCUT2D eigenvalue weighted by Crippen LogP contribution is 2.20. The van der Waals surface area contributed by atoms with E-state index in [4.69, 9.17) is 5.11 Å². The third-order valence-corrected chi connectivity index (χ3v) is 2.46. The zero-order valence-electron chi connectivity index (χ0n) is 10.4. The van der Waals surface area contributed by atoms with Crippen LogP contribution in [0.4, 0.5) is 5.69 Å². The van der Waals surface area contributed by atoms with Gasteiger partial charge in [0, 0.05) is 5.69 Å². The molecular weight excluding hydrogens is 230 g/mol. The van der Waals surface area contributed by atoms with Crippen molar-refractivity contribution in [2.24, 2.45) is 0 Å². The van der Waals surface area contributed by atoms with Gasteiger partial charge in [-0.25, -0.2) is 0 Å². The molecule has 0 aliphatic carbocycles. The highest BCUT2D eigenvalue weighted by atomic mass is 16.4. The van der Waals surface area contributed by atoms with Crippen molar-refractivity contribution in [3.8, 4) is 11.8 Å². The lowest BCUT2D eigenvalue weighted by atomic mass is 9.98. The summed E-state index contributed by atoms with van der Waals surface area (Å²) >= 11 is 0. The Morgan fingerprint density at radius 1 is 1.33 bits per heavy atom. The first kappa shape index (κ1) is 13.8. The van der Waals surface area contributed by atoms with E-state index >= 15 is 0 Å². The molecule has 4 nitrogen and oxygen atoms in total. The number of benzene rings is 1. The van der Waals surface area contributed by atoms with Gasteiger partial charge >= 0.3 is 5.97 Å². The molecule has 2 N–H and O–H groups in total. The Hall–Kier alpha value is -2.28. The number of carboxylic acids is 1. The molecule has 1 amide bonds. The van der Waals surface area contributed by atoms with Crippen LogP contribution >= 0.6 is 0 Å². The molecule has 0 aromatic heterocycles. The van der Waals surface area contributed by atoms with Crippen molar-refractivity contribution in [1.29, 1.82) is 0 Å². The van der Waals surface area contributed by atoms with Gasteiger partial charge in [0.1, 0.15) is 0 Å². The minimum atomic E-state index is -0.821. The number of nitrogens with one attached hydrogen (secondary N) is 1. The lowest BCUT2D eigenvalue weighted by molar-refractivity contribution is -0.137. The molecule has 0 aliphatic rings. The molecule has 0 bridgehead atoms. The van der Waals surface area contributed by atoms with Crippen LogP contribution in [0, 0.1) is 11.8 Å². The van der Waals surface area contributed by atoms with Gasteiger partial charge in [-0.3, -0.25) is 9.59 Å². The summed E-state index contributed by atoms with van der Waals surface area (Å²) in [5.74, 6) is 3.66. The van der Waals surface area contributed by atoms with Gasteiger partial charge in [0.2, 0.25) is 0 Å². The Morgan fingerprint density at radius 3 is 2.44 bits per heavy atom. The molecule has 94 valence electrons. The van der Waals surface area contributed by atoms with Gasteiger partial charge in [0.05, 0.1) is 6.42 Å². The molecule has 1 unspecified atom stereocenters. The van der Waals surface area contributed by atoms with E-state index in [1.807, 2.05) is 19.1 Å². The number of rotatable bonds is 4. The van der Waals surface area contributed by atoms with Gasteiger partial charge in [-0.2, -0.15) is 0 Å². The average Bonchev–Trinajstić information content (AvgIpc) is 2.29. The van der Waals surface area contributed by atoms with Crippen molar-refractivity contribution in [2.45, 2.75) is 26.2 Å². The largest absolute Gasteiger partial charge is 0.481 e. The van der Waals surface area contributed by atoms with Gasteiger partial charge in [0.25, 0.3) is 5.91 Å². The van der Waals surface area contributed by atoms with E-state index in [1.165, 1.54) is 0 Å². The van der Waals surface area contributed by atoms with Crippen LogP contribution < -0.4 is 5.32 Å². The Bertz CT molecular complexity index is 494.